The minimum atomic E-state index is -0.416. The molecular weight excluding hydrogens is 483 g/mol. The van der Waals surface area contributed by atoms with E-state index in [1.54, 1.807) is 42.9 Å². The molecule has 0 radical (unpaired) electrons. The Morgan fingerprint density at radius 2 is 1.66 bits per heavy atom. The van der Waals surface area contributed by atoms with Crippen LogP contribution in [0.1, 0.15) is 16.1 Å². The third kappa shape index (κ3) is 4.11. The minimum absolute atomic E-state index is 0.216. The van der Waals surface area contributed by atoms with E-state index in [1.165, 1.54) is 4.68 Å². The quantitative estimate of drug-likeness (QED) is 0.315. The van der Waals surface area contributed by atoms with Crippen molar-refractivity contribution in [2.75, 3.05) is 5.32 Å². The summed E-state index contributed by atoms with van der Waals surface area (Å²) in [5.41, 5.74) is 3.43. The fourth-order valence-electron chi connectivity index (χ4n) is 4.09. The maximum atomic E-state index is 13.6. The van der Waals surface area contributed by atoms with Crippen molar-refractivity contribution >= 4 is 45.7 Å². The van der Waals surface area contributed by atoms with Gasteiger partial charge in [0, 0.05) is 23.0 Å². The van der Waals surface area contributed by atoms with E-state index in [0.717, 1.165) is 0 Å². The van der Waals surface area contributed by atoms with Crippen LogP contribution < -0.4 is 10.9 Å². The van der Waals surface area contributed by atoms with Crippen molar-refractivity contribution in [1.29, 1.82) is 0 Å². The average molecular weight is 503 g/mol. The van der Waals surface area contributed by atoms with E-state index in [4.69, 9.17) is 28.2 Å². The lowest BCUT2D eigenvalue weighted by Gasteiger charge is -2.11. The van der Waals surface area contributed by atoms with Gasteiger partial charge < -0.3 is 5.32 Å². The number of amides is 1. The third-order valence-corrected chi connectivity index (χ3v) is 6.51. The average Bonchev–Trinajstić information content (AvgIpc) is 3.06. The van der Waals surface area contributed by atoms with Gasteiger partial charge in [0.1, 0.15) is 5.69 Å². The SMILES string of the molecule is Cc1c(NC(=O)c2cc(-c3ccc(Cl)cc3Cl)nc3ccccc23)c(=O)n(-c2ccccc2)n1C. The van der Waals surface area contributed by atoms with Gasteiger partial charge in [-0.3, -0.25) is 14.3 Å². The van der Waals surface area contributed by atoms with Crippen LogP contribution in [0.5, 0.6) is 0 Å². The summed E-state index contributed by atoms with van der Waals surface area (Å²) in [6, 6.07) is 23.4. The van der Waals surface area contributed by atoms with E-state index in [9.17, 15) is 9.59 Å². The summed E-state index contributed by atoms with van der Waals surface area (Å²) in [6.45, 7) is 1.79. The number of aromatic nitrogens is 3. The van der Waals surface area contributed by atoms with Gasteiger partial charge in [0.2, 0.25) is 0 Å². The number of nitrogens with one attached hydrogen (secondary N) is 1. The first-order valence-electron chi connectivity index (χ1n) is 10.9. The van der Waals surface area contributed by atoms with E-state index in [2.05, 4.69) is 5.32 Å². The molecule has 0 aliphatic rings. The van der Waals surface area contributed by atoms with Gasteiger partial charge in [0.25, 0.3) is 11.5 Å². The summed E-state index contributed by atoms with van der Waals surface area (Å²) in [5, 5.41) is 4.44. The molecule has 35 heavy (non-hydrogen) atoms. The number of pyridine rings is 1. The molecule has 5 rings (SSSR count). The molecule has 1 amide bonds. The van der Waals surface area contributed by atoms with E-state index < -0.39 is 5.91 Å². The highest BCUT2D eigenvalue weighted by Crippen LogP contribution is 2.32. The van der Waals surface area contributed by atoms with Gasteiger partial charge in [-0.25, -0.2) is 9.67 Å². The number of nitrogens with zero attached hydrogens (tertiary/aromatic N) is 3. The van der Waals surface area contributed by atoms with E-state index in [1.807, 2.05) is 54.6 Å². The van der Waals surface area contributed by atoms with Crippen LogP contribution in [0.25, 0.3) is 27.8 Å². The fraction of sp³-hybridized carbons (Fsp3) is 0.0741. The summed E-state index contributed by atoms with van der Waals surface area (Å²) >= 11 is 12.5. The zero-order chi connectivity index (χ0) is 24.7. The van der Waals surface area contributed by atoms with Crippen LogP contribution >= 0.6 is 23.2 Å². The number of para-hydroxylation sites is 2. The van der Waals surface area contributed by atoms with Gasteiger partial charge in [0.05, 0.1) is 33.2 Å². The maximum Gasteiger partial charge on any atom is 0.295 e. The Labute approximate surface area is 211 Å². The first kappa shape index (κ1) is 22.9. The molecule has 0 spiro atoms. The number of fused-ring (bicyclic) bond motifs is 1. The molecule has 0 atom stereocenters. The molecule has 0 bridgehead atoms. The number of anilines is 1. The van der Waals surface area contributed by atoms with Crippen molar-refractivity contribution in [3.8, 4) is 16.9 Å². The van der Waals surface area contributed by atoms with E-state index in [-0.39, 0.29) is 11.2 Å². The highest BCUT2D eigenvalue weighted by molar-refractivity contribution is 6.36. The van der Waals surface area contributed by atoms with Gasteiger partial charge >= 0.3 is 0 Å². The second kappa shape index (κ2) is 9.06. The normalized spacial score (nSPS) is 11.1. The van der Waals surface area contributed by atoms with Gasteiger partial charge in [-0.05, 0) is 49.4 Å². The predicted octanol–water partition coefficient (Wildman–Crippen LogP) is 6.26. The third-order valence-electron chi connectivity index (χ3n) is 5.96. The first-order valence-corrected chi connectivity index (χ1v) is 11.6. The predicted molar refractivity (Wildman–Crippen MR) is 141 cm³/mol. The number of carbonyl (C=O) groups is 1. The van der Waals surface area contributed by atoms with Crippen LogP contribution in [0.2, 0.25) is 10.0 Å². The number of rotatable bonds is 4. The molecule has 6 nitrogen and oxygen atoms in total. The smallest absolute Gasteiger partial charge is 0.295 e. The van der Waals surface area contributed by atoms with E-state index in [0.29, 0.717) is 49.2 Å². The monoisotopic (exact) mass is 502 g/mol. The Morgan fingerprint density at radius 1 is 0.943 bits per heavy atom. The Bertz CT molecular complexity index is 1660. The summed E-state index contributed by atoms with van der Waals surface area (Å²) in [5.74, 6) is -0.416. The zero-order valence-electron chi connectivity index (χ0n) is 18.9. The van der Waals surface area contributed by atoms with Gasteiger partial charge in [-0.1, -0.05) is 59.6 Å². The maximum absolute atomic E-state index is 13.6. The molecule has 174 valence electrons. The molecule has 2 heterocycles. The van der Waals surface area contributed by atoms with Crippen LogP contribution in [0, 0.1) is 6.92 Å². The second-order valence-corrected chi connectivity index (χ2v) is 8.93. The van der Waals surface area contributed by atoms with Crippen LogP contribution in [-0.2, 0) is 7.05 Å². The Balaban J connectivity index is 1.62. The Hall–Kier alpha value is -3.87. The molecule has 0 fully saturated rings. The molecule has 8 heteroatoms. The zero-order valence-corrected chi connectivity index (χ0v) is 20.4. The molecule has 0 saturated heterocycles. The van der Waals surface area contributed by atoms with Crippen LogP contribution in [0.3, 0.4) is 0 Å². The Morgan fingerprint density at radius 3 is 2.40 bits per heavy atom. The van der Waals surface area contributed by atoms with Crippen molar-refractivity contribution in [2.24, 2.45) is 7.05 Å². The summed E-state index contributed by atoms with van der Waals surface area (Å²) < 4.78 is 3.24. The molecular formula is C27H20Cl2N4O2. The molecule has 3 aromatic carbocycles. The molecule has 1 N–H and O–H groups in total. The number of halogens is 2. The van der Waals surface area contributed by atoms with Crippen LogP contribution in [0.4, 0.5) is 5.69 Å². The largest absolute Gasteiger partial charge is 0.316 e. The van der Waals surface area contributed by atoms with Crippen molar-refractivity contribution in [3.05, 3.63) is 111 Å². The highest BCUT2D eigenvalue weighted by atomic mass is 35.5. The molecule has 0 aliphatic heterocycles. The van der Waals surface area contributed by atoms with Crippen LogP contribution in [0.15, 0.2) is 83.7 Å². The Kier molecular flexibility index (Phi) is 5.93. The minimum Gasteiger partial charge on any atom is -0.316 e. The topological polar surface area (TPSA) is 68.9 Å². The highest BCUT2D eigenvalue weighted by Gasteiger charge is 2.21. The number of hydrogen-bond donors (Lipinski definition) is 1. The molecule has 0 saturated carbocycles. The summed E-state index contributed by atoms with van der Waals surface area (Å²) in [4.78, 5) is 31.6. The fourth-order valence-corrected chi connectivity index (χ4v) is 4.60. The number of carbonyl (C=O) groups excluding carboxylic acids is 1. The van der Waals surface area contributed by atoms with Crippen molar-refractivity contribution < 1.29 is 4.79 Å². The van der Waals surface area contributed by atoms with Crippen molar-refractivity contribution in [1.82, 2.24) is 14.3 Å². The lowest BCUT2D eigenvalue weighted by molar-refractivity contribution is 0.102. The molecule has 0 unspecified atom stereocenters. The number of hydrogen-bond acceptors (Lipinski definition) is 3. The van der Waals surface area contributed by atoms with Crippen LogP contribution in [-0.4, -0.2) is 20.3 Å². The van der Waals surface area contributed by atoms with Gasteiger partial charge in [0.15, 0.2) is 0 Å². The standard InChI is InChI=1S/C27H20Cl2N4O2/c1-16-25(27(35)33(32(16)2)18-8-4-3-5-9-18)31-26(34)21-15-24(20-13-12-17(28)14-22(20)29)30-23-11-7-6-10-19(21)23/h3-15H,1-2H3,(H,31,34). The summed E-state index contributed by atoms with van der Waals surface area (Å²) in [7, 11) is 1.78. The molecule has 2 aromatic heterocycles. The second-order valence-electron chi connectivity index (χ2n) is 8.09. The molecule has 5 aromatic rings. The molecule has 0 aliphatic carbocycles. The van der Waals surface area contributed by atoms with Crippen molar-refractivity contribution in [3.63, 3.8) is 0 Å². The summed E-state index contributed by atoms with van der Waals surface area (Å²) in [6.07, 6.45) is 0. The van der Waals surface area contributed by atoms with Gasteiger partial charge in [-0.2, -0.15) is 0 Å². The number of benzene rings is 3. The first-order chi connectivity index (χ1) is 16.8. The van der Waals surface area contributed by atoms with E-state index >= 15 is 0 Å². The van der Waals surface area contributed by atoms with Gasteiger partial charge in [-0.15, -0.1) is 0 Å². The lowest BCUT2D eigenvalue weighted by atomic mass is 10.0. The van der Waals surface area contributed by atoms with Crippen molar-refractivity contribution in [2.45, 2.75) is 6.92 Å². The lowest BCUT2D eigenvalue weighted by Crippen LogP contribution is -2.23.